The van der Waals surface area contributed by atoms with Crippen molar-refractivity contribution in [2.75, 3.05) is 13.2 Å². The topological polar surface area (TPSA) is 93.6 Å². The number of aliphatic hydroxyl groups excluding tert-OH is 1. The standard InChI is InChI=1S/C24H38N2O5Si/c1-9-19-20(21(27)18-13-16(2)12-17(3)14-18)26(23(29)25-22(19)28)15-30-10-11-31-32(7,8)24(4,5)6/h12-14,21,27H,9-11,15H2,1-8H3,(H,25,28,29). The van der Waals surface area contributed by atoms with Crippen molar-refractivity contribution in [2.24, 2.45) is 0 Å². The summed E-state index contributed by atoms with van der Waals surface area (Å²) in [6.45, 7) is 17.2. The molecule has 0 radical (unpaired) electrons. The van der Waals surface area contributed by atoms with E-state index in [4.69, 9.17) is 9.16 Å². The number of aryl methyl sites for hydroxylation is 2. The van der Waals surface area contributed by atoms with E-state index >= 15 is 0 Å². The summed E-state index contributed by atoms with van der Waals surface area (Å²) in [5.41, 5.74) is 2.19. The van der Waals surface area contributed by atoms with Crippen molar-refractivity contribution < 1.29 is 14.3 Å². The first kappa shape index (κ1) is 26.3. The zero-order valence-corrected chi connectivity index (χ0v) is 21.7. The quantitative estimate of drug-likeness (QED) is 0.437. The van der Waals surface area contributed by atoms with Gasteiger partial charge in [-0.25, -0.2) is 4.79 Å². The van der Waals surface area contributed by atoms with E-state index in [2.05, 4.69) is 38.8 Å². The zero-order chi connectivity index (χ0) is 24.3. The molecule has 8 heteroatoms. The molecule has 1 atom stereocenters. The van der Waals surface area contributed by atoms with Crippen LogP contribution >= 0.6 is 0 Å². The maximum absolute atomic E-state index is 12.6. The first-order valence-electron chi connectivity index (χ1n) is 11.1. The van der Waals surface area contributed by atoms with Gasteiger partial charge in [0.15, 0.2) is 8.32 Å². The van der Waals surface area contributed by atoms with Crippen LogP contribution < -0.4 is 11.2 Å². The lowest BCUT2D eigenvalue weighted by Gasteiger charge is -2.36. The summed E-state index contributed by atoms with van der Waals surface area (Å²) < 4.78 is 13.2. The molecule has 7 nitrogen and oxygen atoms in total. The third-order valence-electron chi connectivity index (χ3n) is 6.23. The molecular formula is C24H38N2O5Si. The Balaban J connectivity index is 2.30. The highest BCUT2D eigenvalue weighted by Crippen LogP contribution is 2.36. The Bertz CT molecular complexity index is 1030. The molecule has 0 aliphatic carbocycles. The van der Waals surface area contributed by atoms with E-state index in [-0.39, 0.29) is 17.5 Å². The van der Waals surface area contributed by atoms with Crippen molar-refractivity contribution in [3.63, 3.8) is 0 Å². The van der Waals surface area contributed by atoms with Crippen LogP contribution in [-0.2, 0) is 22.3 Å². The third-order valence-corrected chi connectivity index (χ3v) is 10.8. The number of nitrogens with zero attached hydrogens (tertiary/aromatic N) is 1. The fraction of sp³-hybridized carbons (Fsp3) is 0.583. The van der Waals surface area contributed by atoms with Gasteiger partial charge in [0, 0.05) is 5.56 Å². The average molecular weight is 463 g/mol. The van der Waals surface area contributed by atoms with Gasteiger partial charge >= 0.3 is 5.69 Å². The van der Waals surface area contributed by atoms with Gasteiger partial charge in [0.25, 0.3) is 5.56 Å². The molecule has 2 rings (SSSR count). The molecule has 0 aliphatic heterocycles. The van der Waals surface area contributed by atoms with Gasteiger partial charge < -0.3 is 14.3 Å². The number of aliphatic hydroxyl groups is 1. The van der Waals surface area contributed by atoms with Crippen LogP contribution in [0.3, 0.4) is 0 Å². The van der Waals surface area contributed by atoms with Gasteiger partial charge in [-0.15, -0.1) is 0 Å². The van der Waals surface area contributed by atoms with Crippen molar-refractivity contribution in [3.05, 3.63) is 67.0 Å². The largest absolute Gasteiger partial charge is 0.414 e. The molecule has 0 saturated carbocycles. The molecule has 0 spiro atoms. The second-order valence-electron chi connectivity index (χ2n) is 9.87. The molecule has 0 fully saturated rings. The normalized spacial score (nSPS) is 13.4. The second-order valence-corrected chi connectivity index (χ2v) is 14.7. The van der Waals surface area contributed by atoms with Crippen LogP contribution in [0.15, 0.2) is 27.8 Å². The molecule has 1 aromatic heterocycles. The fourth-order valence-electron chi connectivity index (χ4n) is 3.46. The minimum Gasteiger partial charge on any atom is -0.414 e. The van der Waals surface area contributed by atoms with E-state index in [1.165, 1.54) is 4.57 Å². The van der Waals surface area contributed by atoms with E-state index in [1.54, 1.807) is 0 Å². The Hall–Kier alpha value is -2.00. The SMILES string of the molecule is CCc1c(C(O)c2cc(C)cc(C)c2)n(COCCO[Si](C)(C)C(C)(C)C)c(=O)[nH]c1=O. The summed E-state index contributed by atoms with van der Waals surface area (Å²) in [6.07, 6.45) is -0.744. The summed E-state index contributed by atoms with van der Waals surface area (Å²) in [5.74, 6) is 0. The monoisotopic (exact) mass is 462 g/mol. The number of H-pyrrole nitrogens is 1. The Morgan fingerprint density at radius 1 is 1.09 bits per heavy atom. The van der Waals surface area contributed by atoms with E-state index in [0.29, 0.717) is 30.8 Å². The van der Waals surface area contributed by atoms with E-state index in [0.717, 1.165) is 11.1 Å². The Kier molecular flexibility index (Phi) is 8.44. The van der Waals surface area contributed by atoms with Crippen LogP contribution in [0.2, 0.25) is 18.1 Å². The van der Waals surface area contributed by atoms with Gasteiger partial charge in [0.2, 0.25) is 0 Å². The Labute approximate surface area is 191 Å². The summed E-state index contributed by atoms with van der Waals surface area (Å²) >= 11 is 0. The van der Waals surface area contributed by atoms with Crippen LogP contribution in [0.4, 0.5) is 0 Å². The van der Waals surface area contributed by atoms with Crippen molar-refractivity contribution >= 4 is 8.32 Å². The first-order chi connectivity index (χ1) is 14.8. The van der Waals surface area contributed by atoms with Crippen molar-refractivity contribution in [1.29, 1.82) is 0 Å². The molecule has 0 bridgehead atoms. The van der Waals surface area contributed by atoms with Crippen LogP contribution in [0.5, 0.6) is 0 Å². The maximum Gasteiger partial charge on any atom is 0.330 e. The molecule has 178 valence electrons. The molecule has 32 heavy (non-hydrogen) atoms. The van der Waals surface area contributed by atoms with Crippen LogP contribution in [-0.4, -0.2) is 36.2 Å². The summed E-state index contributed by atoms with van der Waals surface area (Å²) in [6, 6.07) is 5.73. The number of benzene rings is 1. The Morgan fingerprint density at radius 2 is 1.69 bits per heavy atom. The summed E-state index contributed by atoms with van der Waals surface area (Å²) in [5, 5.41) is 11.3. The van der Waals surface area contributed by atoms with Crippen LogP contribution in [0.25, 0.3) is 0 Å². The van der Waals surface area contributed by atoms with E-state index < -0.39 is 25.7 Å². The average Bonchev–Trinajstić information content (AvgIpc) is 2.66. The third kappa shape index (κ3) is 6.07. The number of aromatic nitrogens is 2. The first-order valence-corrected chi connectivity index (χ1v) is 14.0. The van der Waals surface area contributed by atoms with Gasteiger partial charge in [-0.05, 0) is 44.0 Å². The highest BCUT2D eigenvalue weighted by atomic mass is 28.4. The van der Waals surface area contributed by atoms with E-state index in [1.807, 2.05) is 39.0 Å². The molecule has 0 amide bonds. The molecule has 2 N–H and O–H groups in total. The second kappa shape index (κ2) is 10.3. The minimum atomic E-state index is -1.89. The molecule has 1 unspecified atom stereocenters. The number of hydrogen-bond acceptors (Lipinski definition) is 5. The maximum atomic E-state index is 12.6. The zero-order valence-electron chi connectivity index (χ0n) is 20.7. The lowest BCUT2D eigenvalue weighted by atomic mass is 9.98. The molecule has 1 aromatic carbocycles. The van der Waals surface area contributed by atoms with Gasteiger partial charge in [0.1, 0.15) is 12.8 Å². The molecule has 0 aliphatic rings. The number of aromatic amines is 1. The summed E-state index contributed by atoms with van der Waals surface area (Å²) in [7, 11) is -1.89. The Morgan fingerprint density at radius 3 is 2.22 bits per heavy atom. The van der Waals surface area contributed by atoms with Crippen LogP contribution in [0.1, 0.15) is 61.7 Å². The number of nitrogens with one attached hydrogen (secondary N) is 1. The highest BCUT2D eigenvalue weighted by Gasteiger charge is 2.36. The number of ether oxygens (including phenoxy) is 1. The molecule has 1 heterocycles. The number of rotatable bonds is 9. The predicted octanol–water partition coefficient (Wildman–Crippen LogP) is 3.79. The van der Waals surface area contributed by atoms with Gasteiger partial charge in [-0.1, -0.05) is 57.0 Å². The number of hydrogen-bond donors (Lipinski definition) is 2. The van der Waals surface area contributed by atoms with Crippen LogP contribution in [0, 0.1) is 13.8 Å². The molecular weight excluding hydrogens is 424 g/mol. The summed E-state index contributed by atoms with van der Waals surface area (Å²) in [4.78, 5) is 27.5. The van der Waals surface area contributed by atoms with E-state index in [9.17, 15) is 14.7 Å². The van der Waals surface area contributed by atoms with Crippen molar-refractivity contribution in [1.82, 2.24) is 9.55 Å². The van der Waals surface area contributed by atoms with Crippen molar-refractivity contribution in [3.8, 4) is 0 Å². The molecule has 0 saturated heterocycles. The minimum absolute atomic E-state index is 0.0827. The fourth-order valence-corrected chi connectivity index (χ4v) is 4.49. The lowest BCUT2D eigenvalue weighted by Crippen LogP contribution is -2.41. The predicted molar refractivity (Wildman–Crippen MR) is 130 cm³/mol. The smallest absolute Gasteiger partial charge is 0.330 e. The van der Waals surface area contributed by atoms with Gasteiger partial charge in [-0.2, -0.15) is 0 Å². The van der Waals surface area contributed by atoms with Gasteiger partial charge in [-0.3, -0.25) is 14.3 Å². The van der Waals surface area contributed by atoms with Gasteiger partial charge in [0.05, 0.1) is 18.9 Å². The lowest BCUT2D eigenvalue weighted by molar-refractivity contribution is 0.0427. The highest BCUT2D eigenvalue weighted by molar-refractivity contribution is 6.74. The molecule has 2 aromatic rings. The van der Waals surface area contributed by atoms with Crippen molar-refractivity contribution in [2.45, 2.75) is 78.9 Å².